The first-order chi connectivity index (χ1) is 6.25. The van der Waals surface area contributed by atoms with E-state index in [-0.39, 0.29) is 6.54 Å². The van der Waals surface area contributed by atoms with E-state index in [1.807, 2.05) is 10.4 Å². The molecular weight excluding hydrogens is 188 g/mol. The first-order valence-electron chi connectivity index (χ1n) is 4.11. The average molecular weight is 198 g/mol. The third kappa shape index (κ3) is 1.87. The van der Waals surface area contributed by atoms with Crippen molar-refractivity contribution in [2.45, 2.75) is 13.0 Å². The number of nitrogens with zero attached hydrogens (tertiary/aromatic N) is 2. The Morgan fingerprint density at radius 2 is 2.62 bits per heavy atom. The van der Waals surface area contributed by atoms with Gasteiger partial charge in [0.1, 0.15) is 0 Å². The first kappa shape index (κ1) is 8.65. The lowest BCUT2D eigenvalue weighted by Crippen LogP contribution is -2.34. The van der Waals surface area contributed by atoms with Crippen LogP contribution in [0.25, 0.3) is 0 Å². The number of carboxylic acid groups (broad SMARTS) is 1. The van der Waals surface area contributed by atoms with Gasteiger partial charge < -0.3 is 5.11 Å². The van der Waals surface area contributed by atoms with Crippen molar-refractivity contribution in [3.05, 3.63) is 16.1 Å². The van der Waals surface area contributed by atoms with Crippen LogP contribution < -0.4 is 0 Å². The van der Waals surface area contributed by atoms with Crippen molar-refractivity contribution in [1.82, 2.24) is 9.88 Å². The monoisotopic (exact) mass is 198 g/mol. The van der Waals surface area contributed by atoms with Crippen LogP contribution in [-0.4, -0.2) is 34.0 Å². The fourth-order valence-electron chi connectivity index (χ4n) is 1.50. The summed E-state index contributed by atoms with van der Waals surface area (Å²) in [5.41, 5.74) is 2.97. The zero-order valence-electron chi connectivity index (χ0n) is 7.06. The summed E-state index contributed by atoms with van der Waals surface area (Å²) in [6.07, 6.45) is 0.881. The molecule has 0 saturated heterocycles. The summed E-state index contributed by atoms with van der Waals surface area (Å²) in [4.78, 5) is 17.8. The lowest BCUT2D eigenvalue weighted by atomic mass is 10.2. The minimum Gasteiger partial charge on any atom is -0.480 e. The molecule has 0 amide bonds. The number of carboxylic acids is 1. The van der Waals surface area contributed by atoms with Crippen LogP contribution in [0.3, 0.4) is 0 Å². The summed E-state index contributed by atoms with van der Waals surface area (Å²) in [6, 6.07) is 0. The normalized spacial score (nSPS) is 16.9. The molecule has 1 aromatic rings. The van der Waals surface area contributed by atoms with Crippen molar-refractivity contribution in [2.24, 2.45) is 0 Å². The second-order valence-corrected chi connectivity index (χ2v) is 4.02. The molecule has 13 heavy (non-hydrogen) atoms. The van der Waals surface area contributed by atoms with Gasteiger partial charge in [-0.05, 0) is 0 Å². The number of hydrogen-bond donors (Lipinski definition) is 1. The Hall–Kier alpha value is -0.940. The number of aromatic nitrogens is 1. The molecule has 0 aromatic carbocycles. The minimum absolute atomic E-state index is 0.136. The summed E-state index contributed by atoms with van der Waals surface area (Å²) in [6.45, 7) is 1.69. The molecule has 0 spiro atoms. The van der Waals surface area contributed by atoms with Gasteiger partial charge in [-0.3, -0.25) is 9.69 Å². The fraction of sp³-hybridized carbons (Fsp3) is 0.500. The van der Waals surface area contributed by atoms with E-state index >= 15 is 0 Å². The van der Waals surface area contributed by atoms with Gasteiger partial charge in [-0.25, -0.2) is 4.98 Å². The molecule has 2 heterocycles. The fourth-order valence-corrected chi connectivity index (χ4v) is 2.35. The van der Waals surface area contributed by atoms with Crippen LogP contribution in [0.1, 0.15) is 10.6 Å². The molecule has 1 N–H and O–H groups in total. The molecule has 5 heteroatoms. The van der Waals surface area contributed by atoms with Gasteiger partial charge in [0.15, 0.2) is 0 Å². The molecule has 1 aromatic heterocycles. The largest absolute Gasteiger partial charge is 0.480 e. The maximum atomic E-state index is 10.5. The van der Waals surface area contributed by atoms with E-state index in [2.05, 4.69) is 4.98 Å². The Morgan fingerprint density at radius 1 is 1.77 bits per heavy atom. The molecule has 1 aliphatic heterocycles. The summed E-state index contributed by atoms with van der Waals surface area (Å²) in [5, 5.41) is 8.61. The number of carbonyl (C=O) groups is 1. The van der Waals surface area contributed by atoms with Gasteiger partial charge in [0.25, 0.3) is 0 Å². The topological polar surface area (TPSA) is 53.4 Å². The number of aliphatic carboxylic acids is 1. The standard InChI is InChI=1S/C8H10N2O2S/c11-8(12)4-10-2-1-6-7(3-10)13-5-9-6/h5H,1-4H2,(H,11,12). The van der Waals surface area contributed by atoms with Crippen LogP contribution in [0.2, 0.25) is 0 Å². The Balaban J connectivity index is 2.04. The van der Waals surface area contributed by atoms with Crippen molar-refractivity contribution in [2.75, 3.05) is 13.1 Å². The van der Waals surface area contributed by atoms with Crippen molar-refractivity contribution >= 4 is 17.3 Å². The third-order valence-corrected chi connectivity index (χ3v) is 2.98. The van der Waals surface area contributed by atoms with Crippen LogP contribution in [-0.2, 0) is 17.8 Å². The van der Waals surface area contributed by atoms with E-state index in [1.165, 1.54) is 4.88 Å². The highest BCUT2D eigenvalue weighted by molar-refractivity contribution is 7.09. The molecule has 1 aliphatic rings. The number of rotatable bonds is 2. The highest BCUT2D eigenvalue weighted by atomic mass is 32.1. The van der Waals surface area contributed by atoms with Gasteiger partial charge in [-0.15, -0.1) is 11.3 Å². The average Bonchev–Trinajstić information content (AvgIpc) is 2.49. The van der Waals surface area contributed by atoms with Gasteiger partial charge in [0.05, 0.1) is 17.7 Å². The van der Waals surface area contributed by atoms with Crippen LogP contribution >= 0.6 is 11.3 Å². The first-order valence-corrected chi connectivity index (χ1v) is 4.99. The van der Waals surface area contributed by atoms with Gasteiger partial charge in [-0.1, -0.05) is 0 Å². The SMILES string of the molecule is O=C(O)CN1CCc2ncsc2C1. The molecule has 0 radical (unpaired) electrons. The molecular formula is C8H10N2O2S. The Kier molecular flexibility index (Phi) is 2.28. The van der Waals surface area contributed by atoms with Gasteiger partial charge >= 0.3 is 5.97 Å². The van der Waals surface area contributed by atoms with Crippen molar-refractivity contribution < 1.29 is 9.90 Å². The maximum Gasteiger partial charge on any atom is 0.317 e. The smallest absolute Gasteiger partial charge is 0.317 e. The predicted molar refractivity (Wildman–Crippen MR) is 48.7 cm³/mol. The van der Waals surface area contributed by atoms with Crippen LogP contribution in [0, 0.1) is 0 Å². The van der Waals surface area contributed by atoms with E-state index in [0.29, 0.717) is 0 Å². The van der Waals surface area contributed by atoms with E-state index < -0.39 is 5.97 Å². The highest BCUT2D eigenvalue weighted by Crippen LogP contribution is 2.20. The zero-order chi connectivity index (χ0) is 9.26. The molecule has 4 nitrogen and oxygen atoms in total. The van der Waals surface area contributed by atoms with E-state index in [1.54, 1.807) is 11.3 Å². The molecule has 0 atom stereocenters. The molecule has 2 rings (SSSR count). The molecule has 0 saturated carbocycles. The summed E-state index contributed by atoms with van der Waals surface area (Å²) < 4.78 is 0. The third-order valence-electron chi connectivity index (χ3n) is 2.12. The Morgan fingerprint density at radius 3 is 3.38 bits per heavy atom. The van der Waals surface area contributed by atoms with E-state index in [0.717, 1.165) is 25.2 Å². The second kappa shape index (κ2) is 3.43. The van der Waals surface area contributed by atoms with E-state index in [4.69, 9.17) is 5.11 Å². The van der Waals surface area contributed by atoms with Crippen LogP contribution in [0.15, 0.2) is 5.51 Å². The van der Waals surface area contributed by atoms with Gasteiger partial charge in [0.2, 0.25) is 0 Å². The molecule has 0 fully saturated rings. The molecule has 0 aliphatic carbocycles. The zero-order valence-corrected chi connectivity index (χ0v) is 7.88. The summed E-state index contributed by atoms with van der Waals surface area (Å²) in [5.74, 6) is -0.757. The summed E-state index contributed by atoms with van der Waals surface area (Å²) >= 11 is 1.61. The molecule has 0 bridgehead atoms. The minimum atomic E-state index is -0.757. The van der Waals surface area contributed by atoms with Crippen LogP contribution in [0.5, 0.6) is 0 Å². The lowest BCUT2D eigenvalue weighted by Gasteiger charge is -2.23. The van der Waals surface area contributed by atoms with Crippen LogP contribution in [0.4, 0.5) is 0 Å². The quantitative estimate of drug-likeness (QED) is 0.755. The Labute approximate surface area is 79.8 Å². The van der Waals surface area contributed by atoms with Gasteiger partial charge in [0, 0.05) is 24.4 Å². The predicted octanol–water partition coefficient (Wildman–Crippen LogP) is 0.586. The van der Waals surface area contributed by atoms with Crippen molar-refractivity contribution in [1.29, 1.82) is 0 Å². The number of hydrogen-bond acceptors (Lipinski definition) is 4. The number of thiazole rings is 1. The Bertz CT molecular complexity index is 324. The molecule has 70 valence electrons. The van der Waals surface area contributed by atoms with Crippen molar-refractivity contribution in [3.63, 3.8) is 0 Å². The maximum absolute atomic E-state index is 10.5. The van der Waals surface area contributed by atoms with E-state index in [9.17, 15) is 4.79 Å². The van der Waals surface area contributed by atoms with Gasteiger partial charge in [-0.2, -0.15) is 0 Å². The highest BCUT2D eigenvalue weighted by Gasteiger charge is 2.19. The number of fused-ring (bicyclic) bond motifs is 1. The summed E-state index contributed by atoms with van der Waals surface area (Å²) in [7, 11) is 0. The van der Waals surface area contributed by atoms with Crippen molar-refractivity contribution in [3.8, 4) is 0 Å². The molecule has 0 unspecified atom stereocenters. The lowest BCUT2D eigenvalue weighted by molar-refractivity contribution is -0.138. The second-order valence-electron chi connectivity index (χ2n) is 3.08.